The summed E-state index contributed by atoms with van der Waals surface area (Å²) in [5.74, 6) is -1.77. The first-order valence-corrected chi connectivity index (χ1v) is 10.4. The molecule has 0 radical (unpaired) electrons. The molecule has 34 heavy (non-hydrogen) atoms. The summed E-state index contributed by atoms with van der Waals surface area (Å²) < 4.78 is 10.6. The van der Waals surface area contributed by atoms with Gasteiger partial charge in [0.15, 0.2) is 5.75 Å². The molecule has 0 bridgehead atoms. The molecule has 11 nitrogen and oxygen atoms in total. The number of esters is 1. The Balaban J connectivity index is 1.96. The van der Waals surface area contributed by atoms with Crippen LogP contribution in [0.5, 0.6) is 11.5 Å². The molecular formula is C23H26N4O7. The zero-order valence-corrected chi connectivity index (χ0v) is 19.2. The number of hydrogen-bond donors (Lipinski definition) is 4. The van der Waals surface area contributed by atoms with Gasteiger partial charge in [0.25, 0.3) is 5.91 Å². The van der Waals surface area contributed by atoms with E-state index >= 15 is 0 Å². The summed E-state index contributed by atoms with van der Waals surface area (Å²) in [6, 6.07) is 8.77. The van der Waals surface area contributed by atoms with E-state index in [1.165, 1.54) is 19.2 Å². The normalized spacial score (nSPS) is 15.7. The van der Waals surface area contributed by atoms with Gasteiger partial charge in [-0.2, -0.15) is 0 Å². The molecule has 180 valence electrons. The molecule has 0 unspecified atom stereocenters. The van der Waals surface area contributed by atoms with Crippen molar-refractivity contribution in [1.29, 1.82) is 0 Å². The molecule has 1 aliphatic heterocycles. The van der Waals surface area contributed by atoms with Crippen LogP contribution in [-0.2, 0) is 14.3 Å². The minimum absolute atomic E-state index is 0.0269. The van der Waals surface area contributed by atoms with Gasteiger partial charge in [-0.25, -0.2) is 4.79 Å². The highest BCUT2D eigenvalue weighted by Crippen LogP contribution is 2.36. The van der Waals surface area contributed by atoms with Gasteiger partial charge in [-0.1, -0.05) is 13.0 Å². The van der Waals surface area contributed by atoms with Crippen molar-refractivity contribution in [2.75, 3.05) is 36.7 Å². The third kappa shape index (κ3) is 5.55. The van der Waals surface area contributed by atoms with Crippen LogP contribution in [0.25, 0.3) is 0 Å². The molecule has 2 aromatic carbocycles. The zero-order valence-electron chi connectivity index (χ0n) is 19.2. The highest BCUT2D eigenvalue weighted by molar-refractivity contribution is 6.11. The van der Waals surface area contributed by atoms with Gasteiger partial charge in [0.05, 0.1) is 30.0 Å². The van der Waals surface area contributed by atoms with Gasteiger partial charge in [-0.05, 0) is 30.7 Å². The first-order valence-electron chi connectivity index (χ1n) is 10.4. The molecule has 3 rings (SSSR count). The maximum absolute atomic E-state index is 12.9. The molecule has 11 heteroatoms. The second kappa shape index (κ2) is 10.1. The van der Waals surface area contributed by atoms with Crippen molar-refractivity contribution < 1.29 is 33.8 Å². The highest BCUT2D eigenvalue weighted by Gasteiger charge is 2.32. The summed E-state index contributed by atoms with van der Waals surface area (Å²) in [5.41, 5.74) is 1.08. The summed E-state index contributed by atoms with van der Waals surface area (Å²) >= 11 is 0. The van der Waals surface area contributed by atoms with Crippen LogP contribution in [0.2, 0.25) is 0 Å². The van der Waals surface area contributed by atoms with Crippen LogP contribution in [0.4, 0.5) is 21.9 Å². The van der Waals surface area contributed by atoms with E-state index < -0.39 is 35.8 Å². The number of carbonyl (C=O) groups is 4. The molecule has 2 aromatic rings. The number of anilines is 3. The van der Waals surface area contributed by atoms with Crippen LogP contribution in [0.15, 0.2) is 36.4 Å². The molecule has 0 spiro atoms. The number of hydrogen-bond acceptors (Lipinski definition) is 7. The number of ether oxygens (including phenoxy) is 2. The van der Waals surface area contributed by atoms with Gasteiger partial charge in [-0.15, -0.1) is 0 Å². The first kappa shape index (κ1) is 24.4. The van der Waals surface area contributed by atoms with E-state index in [9.17, 15) is 24.3 Å². The lowest BCUT2D eigenvalue weighted by atomic mass is 10.0. The molecule has 0 aliphatic carbocycles. The third-order valence-corrected chi connectivity index (χ3v) is 5.24. The van der Waals surface area contributed by atoms with Crippen molar-refractivity contribution in [3.63, 3.8) is 0 Å². The van der Waals surface area contributed by atoms with Gasteiger partial charge in [0, 0.05) is 25.8 Å². The fourth-order valence-electron chi connectivity index (χ4n) is 3.46. The highest BCUT2D eigenvalue weighted by atomic mass is 16.5. The van der Waals surface area contributed by atoms with Gasteiger partial charge in [0.2, 0.25) is 5.91 Å². The van der Waals surface area contributed by atoms with Crippen LogP contribution < -0.4 is 25.6 Å². The van der Waals surface area contributed by atoms with Crippen molar-refractivity contribution in [3.8, 4) is 11.5 Å². The average molecular weight is 470 g/mol. The molecule has 0 saturated heterocycles. The summed E-state index contributed by atoms with van der Waals surface area (Å²) in [4.78, 5) is 50.7. The van der Waals surface area contributed by atoms with Gasteiger partial charge < -0.3 is 30.1 Å². The molecule has 1 aliphatic rings. The van der Waals surface area contributed by atoms with Crippen LogP contribution >= 0.6 is 0 Å². The van der Waals surface area contributed by atoms with E-state index in [1.807, 2.05) is 25.1 Å². The second-order valence-corrected chi connectivity index (χ2v) is 7.99. The zero-order chi connectivity index (χ0) is 25.0. The lowest BCUT2D eigenvalue weighted by Crippen LogP contribution is -2.43. The molecular weight excluding hydrogens is 444 g/mol. The van der Waals surface area contributed by atoms with E-state index in [-0.39, 0.29) is 29.1 Å². The number of nitrogens with zero attached hydrogens (tertiary/aromatic N) is 1. The number of amides is 3. The molecule has 2 atom stereocenters. The smallest absolute Gasteiger partial charge is 0.409 e. The Morgan fingerprint density at radius 3 is 2.59 bits per heavy atom. The maximum Gasteiger partial charge on any atom is 0.409 e. The van der Waals surface area contributed by atoms with Crippen molar-refractivity contribution in [1.82, 2.24) is 5.32 Å². The van der Waals surface area contributed by atoms with Gasteiger partial charge >= 0.3 is 12.1 Å². The topological polar surface area (TPSA) is 146 Å². The van der Waals surface area contributed by atoms with Crippen molar-refractivity contribution in [2.24, 2.45) is 5.92 Å². The predicted octanol–water partition coefficient (Wildman–Crippen LogP) is 2.88. The number of carboxylic acid groups (broad SMARTS) is 1. The summed E-state index contributed by atoms with van der Waals surface area (Å²) in [6.07, 6.45) is -1.32. The number of fused-ring (bicyclic) bond motifs is 1. The average Bonchev–Trinajstić information content (AvgIpc) is 2.89. The summed E-state index contributed by atoms with van der Waals surface area (Å²) in [5, 5.41) is 16.7. The number of methoxy groups -OCH3 is 1. The van der Waals surface area contributed by atoms with E-state index in [4.69, 9.17) is 9.47 Å². The van der Waals surface area contributed by atoms with Crippen molar-refractivity contribution in [3.05, 3.63) is 42.0 Å². The molecule has 0 fully saturated rings. The maximum atomic E-state index is 12.9. The van der Waals surface area contributed by atoms with E-state index in [0.717, 1.165) is 5.69 Å². The number of rotatable bonds is 7. The Morgan fingerprint density at radius 1 is 1.21 bits per heavy atom. The lowest BCUT2D eigenvalue weighted by molar-refractivity contribution is -0.145. The Kier molecular flexibility index (Phi) is 7.24. The molecule has 1 heterocycles. The fraction of sp³-hybridized carbons (Fsp3) is 0.304. The molecule has 0 aromatic heterocycles. The minimum Gasteiger partial charge on any atom is -0.469 e. The second-order valence-electron chi connectivity index (χ2n) is 7.99. The third-order valence-electron chi connectivity index (χ3n) is 5.24. The quantitative estimate of drug-likeness (QED) is 0.452. The molecule has 3 amide bonds. The van der Waals surface area contributed by atoms with Crippen LogP contribution in [0.3, 0.4) is 0 Å². The number of carbonyl (C=O) groups excluding carboxylic acids is 3. The Labute approximate surface area is 196 Å². The van der Waals surface area contributed by atoms with E-state index in [2.05, 4.69) is 16.0 Å². The number of nitrogens with one attached hydrogen (secondary N) is 3. The SMILES string of the molecule is COC(=O)[C@H](C)C[C@H]1NC(=O)c2cc(Oc3cccc(N(C)C)c3)c(NC(=O)O)cc2NC1=O. The Hall–Kier alpha value is -4.28. The van der Waals surface area contributed by atoms with Crippen molar-refractivity contribution in [2.45, 2.75) is 19.4 Å². The van der Waals surface area contributed by atoms with Crippen LogP contribution in [-0.4, -0.2) is 56.2 Å². The largest absolute Gasteiger partial charge is 0.469 e. The fourth-order valence-corrected chi connectivity index (χ4v) is 3.46. The van der Waals surface area contributed by atoms with E-state index in [1.54, 1.807) is 25.1 Å². The summed E-state index contributed by atoms with van der Waals surface area (Å²) in [6.45, 7) is 1.59. The molecule has 0 saturated carbocycles. The standard InChI is InChI=1S/C23H26N4O7/c1-12(22(30)33-4)8-18-21(29)24-16-11-17(26-23(31)32)19(10-15(16)20(28)25-18)34-14-7-5-6-13(9-14)27(2)3/h5-7,9-12,18,26H,8H2,1-4H3,(H,24,29)(H,25,28)(H,31,32)/t12-,18-/m1/s1. The Bertz CT molecular complexity index is 1130. The monoisotopic (exact) mass is 470 g/mol. The van der Waals surface area contributed by atoms with Gasteiger partial charge in [-0.3, -0.25) is 19.7 Å². The summed E-state index contributed by atoms with van der Waals surface area (Å²) in [7, 11) is 4.97. The predicted molar refractivity (Wildman–Crippen MR) is 125 cm³/mol. The van der Waals surface area contributed by atoms with Gasteiger partial charge in [0.1, 0.15) is 11.8 Å². The lowest BCUT2D eigenvalue weighted by Gasteiger charge is -2.17. The number of benzene rings is 2. The minimum atomic E-state index is -1.35. The van der Waals surface area contributed by atoms with Crippen molar-refractivity contribution >= 4 is 40.9 Å². The van der Waals surface area contributed by atoms with Crippen LogP contribution in [0, 0.1) is 5.92 Å². The Morgan fingerprint density at radius 2 is 1.94 bits per heavy atom. The first-order chi connectivity index (χ1) is 16.1. The molecule has 4 N–H and O–H groups in total. The van der Waals surface area contributed by atoms with Crippen LogP contribution in [0.1, 0.15) is 23.7 Å². The van der Waals surface area contributed by atoms with E-state index in [0.29, 0.717) is 5.75 Å².